The molecule has 1 N–H and O–H groups in total. The number of piperidine rings is 1. The van der Waals surface area contributed by atoms with E-state index in [9.17, 15) is 4.79 Å². The molecule has 82 valence electrons. The Bertz CT molecular complexity index is 197. The SMILES string of the molecule is COCC(C)NC1CCC(=O)N(C)C1. The van der Waals surface area contributed by atoms with Gasteiger partial charge in [0, 0.05) is 39.2 Å². The number of ether oxygens (including phenoxy) is 1. The number of likely N-dealkylation sites (N-methyl/N-ethyl adjacent to an activating group) is 1. The van der Waals surface area contributed by atoms with E-state index in [1.165, 1.54) is 0 Å². The highest BCUT2D eigenvalue weighted by atomic mass is 16.5. The molecule has 14 heavy (non-hydrogen) atoms. The van der Waals surface area contributed by atoms with E-state index in [-0.39, 0.29) is 5.91 Å². The van der Waals surface area contributed by atoms with Crippen LogP contribution in [-0.2, 0) is 9.53 Å². The van der Waals surface area contributed by atoms with E-state index in [0.717, 1.165) is 13.0 Å². The smallest absolute Gasteiger partial charge is 0.222 e. The molecule has 0 spiro atoms. The molecule has 0 radical (unpaired) electrons. The Balaban J connectivity index is 2.29. The molecule has 0 aromatic rings. The number of carbonyl (C=O) groups is 1. The average molecular weight is 200 g/mol. The molecule has 1 heterocycles. The summed E-state index contributed by atoms with van der Waals surface area (Å²) in [5, 5.41) is 3.45. The number of nitrogens with zero attached hydrogens (tertiary/aromatic N) is 1. The van der Waals surface area contributed by atoms with Gasteiger partial charge in [-0.05, 0) is 13.3 Å². The zero-order valence-corrected chi connectivity index (χ0v) is 9.25. The molecule has 1 amide bonds. The third-order valence-electron chi connectivity index (χ3n) is 2.56. The lowest BCUT2D eigenvalue weighted by molar-refractivity contribution is -0.132. The molecule has 0 aromatic carbocycles. The van der Waals surface area contributed by atoms with E-state index >= 15 is 0 Å². The van der Waals surface area contributed by atoms with Crippen LogP contribution in [0, 0.1) is 0 Å². The normalized spacial score (nSPS) is 25.2. The van der Waals surface area contributed by atoms with Gasteiger partial charge in [0.25, 0.3) is 0 Å². The van der Waals surface area contributed by atoms with E-state index in [4.69, 9.17) is 4.74 Å². The lowest BCUT2D eigenvalue weighted by Gasteiger charge is -2.32. The molecule has 1 rings (SSSR count). The molecule has 1 fully saturated rings. The maximum atomic E-state index is 11.2. The van der Waals surface area contributed by atoms with Crippen molar-refractivity contribution in [1.29, 1.82) is 0 Å². The molecule has 0 saturated carbocycles. The second-order valence-electron chi connectivity index (χ2n) is 4.03. The molecule has 0 aliphatic carbocycles. The number of likely N-dealkylation sites (tertiary alicyclic amines) is 1. The Kier molecular flexibility index (Phi) is 4.35. The average Bonchev–Trinajstić information content (AvgIpc) is 2.12. The van der Waals surface area contributed by atoms with Gasteiger partial charge in [0.05, 0.1) is 6.61 Å². The van der Waals surface area contributed by atoms with Crippen LogP contribution in [0.25, 0.3) is 0 Å². The van der Waals surface area contributed by atoms with Gasteiger partial charge in [-0.3, -0.25) is 4.79 Å². The van der Waals surface area contributed by atoms with Crippen molar-refractivity contribution >= 4 is 5.91 Å². The highest BCUT2D eigenvalue weighted by molar-refractivity contribution is 5.76. The second-order valence-corrected chi connectivity index (χ2v) is 4.03. The number of nitrogens with one attached hydrogen (secondary N) is 1. The van der Waals surface area contributed by atoms with Gasteiger partial charge in [-0.1, -0.05) is 0 Å². The summed E-state index contributed by atoms with van der Waals surface area (Å²) in [5.74, 6) is 0.252. The fourth-order valence-electron chi connectivity index (χ4n) is 1.85. The van der Waals surface area contributed by atoms with Gasteiger partial charge in [0.2, 0.25) is 5.91 Å². The van der Waals surface area contributed by atoms with Gasteiger partial charge in [0.15, 0.2) is 0 Å². The molecular weight excluding hydrogens is 180 g/mol. The summed E-state index contributed by atoms with van der Waals surface area (Å²) in [5.41, 5.74) is 0. The first-order valence-corrected chi connectivity index (χ1v) is 5.12. The lowest BCUT2D eigenvalue weighted by Crippen LogP contribution is -2.50. The summed E-state index contributed by atoms with van der Waals surface area (Å²) >= 11 is 0. The van der Waals surface area contributed by atoms with Crippen molar-refractivity contribution in [3.05, 3.63) is 0 Å². The first-order chi connectivity index (χ1) is 6.63. The Labute approximate surface area is 85.6 Å². The molecule has 2 unspecified atom stereocenters. The summed E-state index contributed by atoms with van der Waals surface area (Å²) in [4.78, 5) is 13.0. The van der Waals surface area contributed by atoms with Crippen molar-refractivity contribution in [3.63, 3.8) is 0 Å². The quantitative estimate of drug-likeness (QED) is 0.706. The number of hydrogen-bond acceptors (Lipinski definition) is 3. The van der Waals surface area contributed by atoms with Crippen LogP contribution in [0.5, 0.6) is 0 Å². The zero-order chi connectivity index (χ0) is 10.6. The van der Waals surface area contributed by atoms with E-state index in [2.05, 4.69) is 12.2 Å². The zero-order valence-electron chi connectivity index (χ0n) is 9.25. The van der Waals surface area contributed by atoms with Crippen LogP contribution in [0.3, 0.4) is 0 Å². The maximum absolute atomic E-state index is 11.2. The van der Waals surface area contributed by atoms with Crippen molar-refractivity contribution in [2.75, 3.05) is 27.3 Å². The van der Waals surface area contributed by atoms with Crippen molar-refractivity contribution in [2.24, 2.45) is 0 Å². The Morgan fingerprint density at radius 2 is 2.43 bits per heavy atom. The molecule has 4 heteroatoms. The first kappa shape index (κ1) is 11.5. The van der Waals surface area contributed by atoms with Gasteiger partial charge in [-0.15, -0.1) is 0 Å². The van der Waals surface area contributed by atoms with E-state index in [0.29, 0.717) is 25.1 Å². The minimum Gasteiger partial charge on any atom is -0.383 e. The van der Waals surface area contributed by atoms with Crippen molar-refractivity contribution in [2.45, 2.75) is 31.8 Å². The standard InChI is InChI=1S/C10H20N2O2/c1-8(7-14-3)11-9-4-5-10(13)12(2)6-9/h8-9,11H,4-7H2,1-3H3. The minimum atomic E-state index is 0.252. The molecule has 1 saturated heterocycles. The number of amides is 1. The highest BCUT2D eigenvalue weighted by Crippen LogP contribution is 2.10. The molecule has 0 bridgehead atoms. The summed E-state index contributed by atoms with van der Waals surface area (Å²) < 4.78 is 5.05. The summed E-state index contributed by atoms with van der Waals surface area (Å²) in [6.07, 6.45) is 1.60. The monoisotopic (exact) mass is 200 g/mol. The fraction of sp³-hybridized carbons (Fsp3) is 0.900. The Morgan fingerprint density at radius 1 is 1.71 bits per heavy atom. The van der Waals surface area contributed by atoms with Crippen LogP contribution in [0.15, 0.2) is 0 Å². The van der Waals surface area contributed by atoms with Crippen LogP contribution >= 0.6 is 0 Å². The van der Waals surface area contributed by atoms with Gasteiger partial charge in [0.1, 0.15) is 0 Å². The largest absolute Gasteiger partial charge is 0.383 e. The van der Waals surface area contributed by atoms with Crippen LogP contribution in [0.2, 0.25) is 0 Å². The first-order valence-electron chi connectivity index (χ1n) is 5.12. The van der Waals surface area contributed by atoms with Gasteiger partial charge in [-0.2, -0.15) is 0 Å². The number of methoxy groups -OCH3 is 1. The van der Waals surface area contributed by atoms with Crippen molar-refractivity contribution < 1.29 is 9.53 Å². The second kappa shape index (κ2) is 5.32. The van der Waals surface area contributed by atoms with E-state index in [1.807, 2.05) is 7.05 Å². The van der Waals surface area contributed by atoms with Crippen molar-refractivity contribution in [3.8, 4) is 0 Å². The molecule has 2 atom stereocenters. The number of carbonyl (C=O) groups excluding carboxylic acids is 1. The summed E-state index contributed by atoms with van der Waals surface area (Å²) in [7, 11) is 3.56. The predicted molar refractivity (Wildman–Crippen MR) is 55.1 cm³/mol. The maximum Gasteiger partial charge on any atom is 0.222 e. The third kappa shape index (κ3) is 3.27. The van der Waals surface area contributed by atoms with Crippen molar-refractivity contribution in [1.82, 2.24) is 10.2 Å². The molecule has 0 aromatic heterocycles. The third-order valence-corrected chi connectivity index (χ3v) is 2.56. The molecule has 1 aliphatic rings. The van der Waals surface area contributed by atoms with Crippen LogP contribution in [0.1, 0.15) is 19.8 Å². The van der Waals surface area contributed by atoms with Crippen LogP contribution < -0.4 is 5.32 Å². The van der Waals surface area contributed by atoms with E-state index < -0.39 is 0 Å². The highest BCUT2D eigenvalue weighted by Gasteiger charge is 2.23. The Morgan fingerprint density at radius 3 is 3.00 bits per heavy atom. The van der Waals surface area contributed by atoms with Gasteiger partial charge < -0.3 is 15.0 Å². The Hall–Kier alpha value is -0.610. The molecular formula is C10H20N2O2. The molecule has 1 aliphatic heterocycles. The summed E-state index contributed by atoms with van der Waals surface area (Å²) in [6.45, 7) is 3.63. The lowest BCUT2D eigenvalue weighted by atomic mass is 10.0. The fourth-order valence-corrected chi connectivity index (χ4v) is 1.85. The van der Waals surface area contributed by atoms with Crippen LogP contribution in [-0.4, -0.2) is 50.2 Å². The number of hydrogen-bond donors (Lipinski definition) is 1. The summed E-state index contributed by atoms with van der Waals surface area (Å²) in [6, 6.07) is 0.773. The van der Waals surface area contributed by atoms with Gasteiger partial charge in [-0.25, -0.2) is 0 Å². The predicted octanol–water partition coefficient (Wildman–Crippen LogP) is 0.232. The van der Waals surface area contributed by atoms with Crippen LogP contribution in [0.4, 0.5) is 0 Å². The minimum absolute atomic E-state index is 0.252. The molecule has 4 nitrogen and oxygen atoms in total. The van der Waals surface area contributed by atoms with Gasteiger partial charge >= 0.3 is 0 Å². The van der Waals surface area contributed by atoms with E-state index in [1.54, 1.807) is 12.0 Å². The number of rotatable bonds is 4. The topological polar surface area (TPSA) is 41.6 Å².